The zero-order valence-electron chi connectivity index (χ0n) is 8.25. The van der Waals surface area contributed by atoms with Gasteiger partial charge in [-0.3, -0.25) is 5.10 Å². The van der Waals surface area contributed by atoms with Gasteiger partial charge >= 0.3 is 0 Å². The SMILES string of the molecule is FC(F)COCCc1nc(C2CC2)n[nH]1. The first-order valence-corrected chi connectivity index (χ1v) is 5.03. The average molecular weight is 217 g/mol. The maximum atomic E-state index is 11.7. The molecule has 1 aromatic heterocycles. The normalized spacial score (nSPS) is 16.2. The van der Waals surface area contributed by atoms with E-state index in [1.165, 1.54) is 0 Å². The summed E-state index contributed by atoms with van der Waals surface area (Å²) in [7, 11) is 0. The highest BCUT2D eigenvalue weighted by Gasteiger charge is 2.27. The van der Waals surface area contributed by atoms with Crippen molar-refractivity contribution in [2.45, 2.75) is 31.6 Å². The van der Waals surface area contributed by atoms with Crippen molar-refractivity contribution in [2.24, 2.45) is 0 Å². The monoisotopic (exact) mass is 217 g/mol. The van der Waals surface area contributed by atoms with Crippen molar-refractivity contribution in [1.29, 1.82) is 0 Å². The fourth-order valence-corrected chi connectivity index (χ4v) is 1.29. The second kappa shape index (κ2) is 4.65. The van der Waals surface area contributed by atoms with Crippen molar-refractivity contribution in [3.05, 3.63) is 11.6 Å². The smallest absolute Gasteiger partial charge is 0.261 e. The summed E-state index contributed by atoms with van der Waals surface area (Å²) >= 11 is 0. The molecule has 0 amide bonds. The van der Waals surface area contributed by atoms with E-state index < -0.39 is 13.0 Å². The highest BCUT2D eigenvalue weighted by atomic mass is 19.3. The Kier molecular flexibility index (Phi) is 3.25. The number of aromatic nitrogens is 3. The van der Waals surface area contributed by atoms with Crippen LogP contribution in [-0.2, 0) is 11.2 Å². The summed E-state index contributed by atoms with van der Waals surface area (Å²) in [4.78, 5) is 4.25. The van der Waals surface area contributed by atoms with E-state index in [4.69, 9.17) is 4.74 Å². The third-order valence-corrected chi connectivity index (χ3v) is 2.22. The molecule has 4 nitrogen and oxygen atoms in total. The third kappa shape index (κ3) is 3.23. The molecule has 1 saturated carbocycles. The van der Waals surface area contributed by atoms with Crippen LogP contribution in [0.15, 0.2) is 0 Å². The lowest BCUT2D eigenvalue weighted by atomic mass is 10.4. The Morgan fingerprint density at radius 3 is 2.93 bits per heavy atom. The largest absolute Gasteiger partial charge is 0.375 e. The molecule has 1 fully saturated rings. The van der Waals surface area contributed by atoms with Gasteiger partial charge in [0, 0.05) is 12.3 Å². The van der Waals surface area contributed by atoms with E-state index in [0.29, 0.717) is 18.2 Å². The van der Waals surface area contributed by atoms with Crippen molar-refractivity contribution < 1.29 is 13.5 Å². The first kappa shape index (κ1) is 10.5. The number of aromatic amines is 1. The number of nitrogens with zero attached hydrogens (tertiary/aromatic N) is 2. The van der Waals surface area contributed by atoms with Crippen LogP contribution in [0.4, 0.5) is 8.78 Å². The molecule has 0 aliphatic heterocycles. The second-order valence-electron chi connectivity index (χ2n) is 3.63. The Hall–Kier alpha value is -1.04. The molecule has 0 saturated heterocycles. The fraction of sp³-hybridized carbons (Fsp3) is 0.778. The lowest BCUT2D eigenvalue weighted by Gasteiger charge is -2.00. The first-order chi connectivity index (χ1) is 7.25. The van der Waals surface area contributed by atoms with Gasteiger partial charge in [0.1, 0.15) is 12.4 Å². The Morgan fingerprint density at radius 1 is 1.47 bits per heavy atom. The van der Waals surface area contributed by atoms with E-state index in [1.54, 1.807) is 0 Å². The van der Waals surface area contributed by atoms with E-state index in [9.17, 15) is 8.78 Å². The van der Waals surface area contributed by atoms with Gasteiger partial charge in [-0.1, -0.05) is 0 Å². The summed E-state index contributed by atoms with van der Waals surface area (Å²) in [6, 6.07) is 0. The number of hydrogen-bond donors (Lipinski definition) is 1. The molecule has 2 rings (SSSR count). The van der Waals surface area contributed by atoms with Crippen molar-refractivity contribution >= 4 is 0 Å². The lowest BCUT2D eigenvalue weighted by Crippen LogP contribution is -2.07. The molecule has 1 aliphatic rings. The molecule has 0 atom stereocenters. The van der Waals surface area contributed by atoms with Crippen LogP contribution in [0.25, 0.3) is 0 Å². The molecular formula is C9H13F2N3O. The lowest BCUT2D eigenvalue weighted by molar-refractivity contribution is 0.0183. The van der Waals surface area contributed by atoms with E-state index in [-0.39, 0.29) is 6.61 Å². The zero-order valence-corrected chi connectivity index (χ0v) is 8.25. The van der Waals surface area contributed by atoms with E-state index >= 15 is 0 Å². The van der Waals surface area contributed by atoms with E-state index in [0.717, 1.165) is 18.7 Å². The molecule has 1 N–H and O–H groups in total. The van der Waals surface area contributed by atoms with Crippen molar-refractivity contribution in [3.63, 3.8) is 0 Å². The van der Waals surface area contributed by atoms with E-state index in [1.807, 2.05) is 0 Å². The van der Waals surface area contributed by atoms with Crippen LogP contribution in [-0.4, -0.2) is 34.8 Å². The molecule has 0 spiro atoms. The summed E-state index contributed by atoms with van der Waals surface area (Å²) < 4.78 is 28.2. The number of hydrogen-bond acceptors (Lipinski definition) is 3. The number of rotatable bonds is 6. The molecule has 0 unspecified atom stereocenters. The van der Waals surface area contributed by atoms with Gasteiger partial charge in [0.15, 0.2) is 5.82 Å². The third-order valence-electron chi connectivity index (χ3n) is 2.22. The molecule has 1 aromatic rings. The fourth-order valence-electron chi connectivity index (χ4n) is 1.29. The van der Waals surface area contributed by atoms with Crippen LogP contribution in [0.5, 0.6) is 0 Å². The van der Waals surface area contributed by atoms with Crippen LogP contribution in [0.1, 0.15) is 30.4 Å². The quantitative estimate of drug-likeness (QED) is 0.735. The van der Waals surface area contributed by atoms with Gasteiger partial charge in [-0.2, -0.15) is 5.10 Å². The van der Waals surface area contributed by atoms with Crippen LogP contribution < -0.4 is 0 Å². The zero-order chi connectivity index (χ0) is 10.7. The summed E-state index contributed by atoms with van der Waals surface area (Å²) in [5, 5.41) is 6.84. The number of halogens is 2. The second-order valence-corrected chi connectivity index (χ2v) is 3.63. The highest BCUT2D eigenvalue weighted by Crippen LogP contribution is 2.37. The maximum Gasteiger partial charge on any atom is 0.261 e. The van der Waals surface area contributed by atoms with Crippen LogP contribution in [0.2, 0.25) is 0 Å². The minimum Gasteiger partial charge on any atom is -0.375 e. The topological polar surface area (TPSA) is 50.8 Å². The molecule has 6 heteroatoms. The van der Waals surface area contributed by atoms with Gasteiger partial charge in [-0.25, -0.2) is 13.8 Å². The molecule has 84 valence electrons. The van der Waals surface area contributed by atoms with Gasteiger partial charge in [0.25, 0.3) is 6.43 Å². The average Bonchev–Trinajstić information content (AvgIpc) is 2.94. The molecule has 0 bridgehead atoms. The summed E-state index contributed by atoms with van der Waals surface area (Å²) in [5.74, 6) is 2.07. The maximum absolute atomic E-state index is 11.7. The molecule has 15 heavy (non-hydrogen) atoms. The summed E-state index contributed by atoms with van der Waals surface area (Å²) in [6.45, 7) is -0.257. The number of H-pyrrole nitrogens is 1. The summed E-state index contributed by atoms with van der Waals surface area (Å²) in [6.07, 6.45) is 0.409. The Balaban J connectivity index is 1.69. The number of ether oxygens (including phenoxy) is 1. The number of nitrogens with one attached hydrogen (secondary N) is 1. The molecule has 1 heterocycles. The summed E-state index contributed by atoms with van der Waals surface area (Å²) in [5.41, 5.74) is 0. The van der Waals surface area contributed by atoms with Gasteiger partial charge in [-0.15, -0.1) is 0 Å². The Labute approximate surface area is 86.0 Å². The minimum atomic E-state index is -2.40. The molecule has 0 radical (unpaired) electrons. The van der Waals surface area contributed by atoms with Gasteiger partial charge in [0.2, 0.25) is 0 Å². The van der Waals surface area contributed by atoms with E-state index in [2.05, 4.69) is 15.2 Å². The predicted octanol–water partition coefficient (Wildman–Crippen LogP) is 1.51. The highest BCUT2D eigenvalue weighted by molar-refractivity contribution is 5.04. The predicted molar refractivity (Wildman–Crippen MR) is 48.9 cm³/mol. The first-order valence-electron chi connectivity index (χ1n) is 5.03. The van der Waals surface area contributed by atoms with Crippen molar-refractivity contribution in [2.75, 3.05) is 13.2 Å². The van der Waals surface area contributed by atoms with Crippen LogP contribution in [0.3, 0.4) is 0 Å². The standard InChI is InChI=1S/C9H13F2N3O/c10-7(11)5-15-4-3-8-12-9(14-13-8)6-1-2-6/h6-7H,1-5H2,(H,12,13,14). The molecule has 1 aliphatic carbocycles. The van der Waals surface area contributed by atoms with Crippen molar-refractivity contribution in [1.82, 2.24) is 15.2 Å². The van der Waals surface area contributed by atoms with Crippen LogP contribution >= 0.6 is 0 Å². The molecular weight excluding hydrogens is 204 g/mol. The molecule has 0 aromatic carbocycles. The van der Waals surface area contributed by atoms with Crippen LogP contribution in [0, 0.1) is 0 Å². The van der Waals surface area contributed by atoms with Gasteiger partial charge in [0.05, 0.1) is 6.61 Å². The van der Waals surface area contributed by atoms with Crippen molar-refractivity contribution in [3.8, 4) is 0 Å². The Bertz CT molecular complexity index is 312. The minimum absolute atomic E-state index is 0.254. The van der Waals surface area contributed by atoms with Gasteiger partial charge < -0.3 is 4.74 Å². The van der Waals surface area contributed by atoms with Gasteiger partial charge in [-0.05, 0) is 12.8 Å². The number of alkyl halides is 2. The Morgan fingerprint density at radius 2 is 2.27 bits per heavy atom.